The molecule has 0 amide bonds. The highest BCUT2D eigenvalue weighted by Gasteiger charge is 2.37. The van der Waals surface area contributed by atoms with E-state index in [1.807, 2.05) is 0 Å². The summed E-state index contributed by atoms with van der Waals surface area (Å²) in [5.74, 6) is -1.82. The van der Waals surface area contributed by atoms with Gasteiger partial charge in [-0.15, -0.1) is 0 Å². The molecule has 0 saturated carbocycles. The molecule has 1 aliphatic heterocycles. The molecule has 1 aliphatic rings. The summed E-state index contributed by atoms with van der Waals surface area (Å²) < 4.78 is 31.9. The summed E-state index contributed by atoms with van der Waals surface area (Å²) in [5.41, 5.74) is -0.789. The molecule has 1 aromatic rings. The first-order valence-corrected chi connectivity index (χ1v) is 5.13. The van der Waals surface area contributed by atoms with Crippen LogP contribution >= 0.6 is 0 Å². The van der Waals surface area contributed by atoms with Gasteiger partial charge in [0, 0.05) is 18.8 Å². The SMILES string of the molecule is N#CC1(c2cccc(F)c2F)CCOCC1. The monoisotopic (exact) mass is 223 g/mol. The molecule has 0 aliphatic carbocycles. The van der Waals surface area contributed by atoms with Gasteiger partial charge in [0.1, 0.15) is 0 Å². The summed E-state index contributed by atoms with van der Waals surface area (Å²) >= 11 is 0. The second-order valence-electron chi connectivity index (χ2n) is 3.91. The molecule has 2 nitrogen and oxygen atoms in total. The maximum Gasteiger partial charge on any atom is 0.163 e. The Morgan fingerprint density at radius 3 is 2.56 bits per heavy atom. The Kier molecular flexibility index (Phi) is 2.88. The molecule has 16 heavy (non-hydrogen) atoms. The van der Waals surface area contributed by atoms with Gasteiger partial charge in [-0.2, -0.15) is 5.26 Å². The third kappa shape index (κ3) is 1.68. The van der Waals surface area contributed by atoms with Gasteiger partial charge in [0.25, 0.3) is 0 Å². The number of rotatable bonds is 1. The van der Waals surface area contributed by atoms with Gasteiger partial charge < -0.3 is 4.74 Å². The largest absolute Gasteiger partial charge is 0.381 e. The number of halogens is 2. The summed E-state index contributed by atoms with van der Waals surface area (Å²) in [6.45, 7) is 0.813. The topological polar surface area (TPSA) is 33.0 Å². The van der Waals surface area contributed by atoms with Crippen molar-refractivity contribution >= 4 is 0 Å². The molecule has 0 N–H and O–H groups in total. The molecule has 1 heterocycles. The van der Waals surface area contributed by atoms with Gasteiger partial charge in [0.05, 0.1) is 11.5 Å². The number of ether oxygens (including phenoxy) is 1. The fourth-order valence-electron chi connectivity index (χ4n) is 2.03. The predicted molar refractivity (Wildman–Crippen MR) is 53.7 cm³/mol. The van der Waals surface area contributed by atoms with Crippen molar-refractivity contribution in [3.8, 4) is 6.07 Å². The lowest BCUT2D eigenvalue weighted by molar-refractivity contribution is 0.0663. The van der Waals surface area contributed by atoms with Crippen molar-refractivity contribution in [2.75, 3.05) is 13.2 Å². The summed E-state index contributed by atoms with van der Waals surface area (Å²) in [5, 5.41) is 9.22. The van der Waals surface area contributed by atoms with Gasteiger partial charge in [-0.05, 0) is 18.9 Å². The van der Waals surface area contributed by atoms with Crippen LogP contribution in [0.15, 0.2) is 18.2 Å². The second kappa shape index (κ2) is 4.18. The van der Waals surface area contributed by atoms with E-state index in [1.165, 1.54) is 12.1 Å². The third-order valence-corrected chi connectivity index (χ3v) is 3.03. The third-order valence-electron chi connectivity index (χ3n) is 3.03. The fraction of sp³-hybridized carbons (Fsp3) is 0.417. The number of hydrogen-bond acceptors (Lipinski definition) is 2. The highest BCUT2D eigenvalue weighted by atomic mass is 19.2. The zero-order valence-electron chi connectivity index (χ0n) is 8.67. The molecule has 0 radical (unpaired) electrons. The van der Waals surface area contributed by atoms with E-state index in [2.05, 4.69) is 6.07 Å². The number of nitriles is 1. The highest BCUT2D eigenvalue weighted by Crippen LogP contribution is 2.36. The molecule has 84 valence electrons. The van der Waals surface area contributed by atoms with E-state index >= 15 is 0 Å². The second-order valence-corrected chi connectivity index (χ2v) is 3.91. The fourth-order valence-corrected chi connectivity index (χ4v) is 2.03. The maximum absolute atomic E-state index is 13.7. The van der Waals surface area contributed by atoms with Crippen molar-refractivity contribution in [2.24, 2.45) is 0 Å². The Morgan fingerprint density at radius 1 is 1.25 bits per heavy atom. The number of benzene rings is 1. The minimum atomic E-state index is -0.940. The van der Waals surface area contributed by atoms with Crippen LogP contribution in [0.4, 0.5) is 8.78 Å². The average Bonchev–Trinajstić information content (AvgIpc) is 2.33. The maximum atomic E-state index is 13.7. The Balaban J connectivity index is 2.48. The van der Waals surface area contributed by atoms with Gasteiger partial charge in [-0.1, -0.05) is 12.1 Å². The first-order chi connectivity index (χ1) is 7.69. The van der Waals surface area contributed by atoms with Gasteiger partial charge >= 0.3 is 0 Å². The van der Waals surface area contributed by atoms with Crippen LogP contribution in [0.25, 0.3) is 0 Å². The summed E-state index contributed by atoms with van der Waals surface area (Å²) in [7, 11) is 0. The van der Waals surface area contributed by atoms with Crippen molar-refractivity contribution < 1.29 is 13.5 Å². The summed E-state index contributed by atoms with van der Waals surface area (Å²) in [6, 6.07) is 6.09. The predicted octanol–water partition coefficient (Wildman–Crippen LogP) is 2.54. The molecular weight excluding hydrogens is 212 g/mol. The molecule has 0 bridgehead atoms. The van der Waals surface area contributed by atoms with Gasteiger partial charge in [0.15, 0.2) is 11.6 Å². The van der Waals surface area contributed by atoms with Crippen molar-refractivity contribution in [2.45, 2.75) is 18.3 Å². The van der Waals surface area contributed by atoms with E-state index < -0.39 is 17.0 Å². The number of hydrogen-bond donors (Lipinski definition) is 0. The first-order valence-electron chi connectivity index (χ1n) is 5.13. The lowest BCUT2D eigenvalue weighted by Crippen LogP contribution is -2.33. The average molecular weight is 223 g/mol. The van der Waals surface area contributed by atoms with Gasteiger partial charge in [-0.3, -0.25) is 0 Å². The molecule has 0 unspecified atom stereocenters. The van der Waals surface area contributed by atoms with Gasteiger partial charge in [0.2, 0.25) is 0 Å². The van der Waals surface area contributed by atoms with Crippen molar-refractivity contribution in [3.63, 3.8) is 0 Å². The molecule has 0 spiro atoms. The quantitative estimate of drug-likeness (QED) is 0.733. The molecule has 4 heteroatoms. The zero-order valence-corrected chi connectivity index (χ0v) is 8.67. The summed E-state index contributed by atoms with van der Waals surface area (Å²) in [4.78, 5) is 0. The Morgan fingerprint density at radius 2 is 1.94 bits per heavy atom. The van der Waals surface area contributed by atoms with E-state index in [-0.39, 0.29) is 5.56 Å². The molecular formula is C12H11F2NO. The van der Waals surface area contributed by atoms with Crippen molar-refractivity contribution in [3.05, 3.63) is 35.4 Å². The van der Waals surface area contributed by atoms with Crippen LogP contribution in [-0.2, 0) is 10.2 Å². The van der Waals surface area contributed by atoms with Crippen LogP contribution in [-0.4, -0.2) is 13.2 Å². The van der Waals surface area contributed by atoms with Crippen LogP contribution in [0.1, 0.15) is 18.4 Å². The standard InChI is InChI=1S/C12H11F2NO/c13-10-3-1-2-9(11(10)14)12(8-15)4-6-16-7-5-12/h1-3H,4-7H2. The molecule has 1 saturated heterocycles. The minimum Gasteiger partial charge on any atom is -0.381 e. The van der Waals surface area contributed by atoms with E-state index in [9.17, 15) is 14.0 Å². The van der Waals surface area contributed by atoms with Crippen LogP contribution < -0.4 is 0 Å². The van der Waals surface area contributed by atoms with Crippen LogP contribution in [0.3, 0.4) is 0 Å². The molecule has 1 aromatic carbocycles. The van der Waals surface area contributed by atoms with Crippen LogP contribution in [0, 0.1) is 23.0 Å². The van der Waals surface area contributed by atoms with Crippen molar-refractivity contribution in [1.29, 1.82) is 5.26 Å². The Bertz CT molecular complexity index is 433. The van der Waals surface area contributed by atoms with Gasteiger partial charge in [-0.25, -0.2) is 8.78 Å². The summed E-state index contributed by atoms with van der Waals surface area (Å²) in [6.07, 6.45) is 0.813. The zero-order chi connectivity index (χ0) is 11.6. The molecule has 1 fully saturated rings. The smallest absolute Gasteiger partial charge is 0.163 e. The Hall–Kier alpha value is -1.47. The van der Waals surface area contributed by atoms with E-state index in [0.29, 0.717) is 26.1 Å². The Labute approximate surface area is 92.5 Å². The van der Waals surface area contributed by atoms with Crippen LogP contribution in [0.5, 0.6) is 0 Å². The van der Waals surface area contributed by atoms with Crippen LogP contribution in [0.2, 0.25) is 0 Å². The lowest BCUT2D eigenvalue weighted by Gasteiger charge is -2.31. The highest BCUT2D eigenvalue weighted by molar-refractivity contribution is 5.34. The minimum absolute atomic E-state index is 0.151. The van der Waals surface area contributed by atoms with Crippen molar-refractivity contribution in [1.82, 2.24) is 0 Å². The first kappa shape index (κ1) is 11.0. The lowest BCUT2D eigenvalue weighted by atomic mass is 9.75. The molecule has 0 aromatic heterocycles. The van der Waals surface area contributed by atoms with E-state index in [1.54, 1.807) is 0 Å². The number of nitrogens with zero attached hydrogens (tertiary/aromatic N) is 1. The molecule has 0 atom stereocenters. The molecule has 2 rings (SSSR count). The van der Waals surface area contributed by atoms with E-state index in [0.717, 1.165) is 6.07 Å². The normalized spacial score (nSPS) is 19.1. The van der Waals surface area contributed by atoms with E-state index in [4.69, 9.17) is 4.74 Å².